The Kier molecular flexibility index (Phi) is 6.25. The number of ether oxygens (including phenoxy) is 2. The first-order valence-electron chi connectivity index (χ1n) is 12.4. The van der Waals surface area contributed by atoms with Crippen LogP contribution >= 0.6 is 11.6 Å². The second-order valence-electron chi connectivity index (χ2n) is 10.1. The van der Waals surface area contributed by atoms with Gasteiger partial charge in [0.2, 0.25) is 5.91 Å². The molecule has 4 heterocycles. The number of aryl methyl sites for hydroxylation is 1. The molecule has 0 saturated carbocycles. The number of benzene rings is 1. The van der Waals surface area contributed by atoms with Crippen LogP contribution in [0.15, 0.2) is 42.5 Å². The molecule has 1 N–H and O–H groups in total. The molecule has 1 aromatic rings. The minimum atomic E-state index is -1.41. The zero-order chi connectivity index (χ0) is 25.8. The number of fused-ring (bicyclic) bond motifs is 2. The first-order chi connectivity index (χ1) is 17.2. The van der Waals surface area contributed by atoms with Gasteiger partial charge in [-0.1, -0.05) is 55.0 Å². The second kappa shape index (κ2) is 9.01. The normalized spacial score (nSPS) is 34.5. The molecule has 36 heavy (non-hydrogen) atoms. The van der Waals surface area contributed by atoms with E-state index in [0.717, 1.165) is 5.56 Å². The maximum absolute atomic E-state index is 14.4. The standard InChI is InChI=1S/C27H31ClN2O6/c1-4-17(15-31)30-22-24(33)29(21-16(2)9-7-10-18(21)28)13-8-12-27(22)19(23(30)32)20-25(34)35-14-6-5-11-26(20,3)36-27/h5,7-12,17,19-20,22,31H,4,6,13-15H2,1-3H3/t17-,19-,20-,22?,26+,27-/m0/s1. The summed E-state index contributed by atoms with van der Waals surface area (Å²) in [5.74, 6) is -3.18. The lowest BCUT2D eigenvalue weighted by atomic mass is 9.74. The monoisotopic (exact) mass is 514 g/mol. The molecule has 1 aromatic carbocycles. The van der Waals surface area contributed by atoms with Crippen molar-refractivity contribution in [1.82, 2.24) is 4.90 Å². The number of halogens is 1. The van der Waals surface area contributed by atoms with Crippen molar-refractivity contribution in [2.45, 2.75) is 56.9 Å². The molecule has 9 heteroatoms. The molecule has 4 aliphatic rings. The summed E-state index contributed by atoms with van der Waals surface area (Å²) in [4.78, 5) is 44.9. The molecule has 192 valence electrons. The Hall–Kier alpha value is -2.68. The number of esters is 1. The first kappa shape index (κ1) is 25.0. The Bertz CT molecular complexity index is 1140. The van der Waals surface area contributed by atoms with Gasteiger partial charge in [0.25, 0.3) is 5.91 Å². The predicted molar refractivity (Wildman–Crippen MR) is 133 cm³/mol. The molecule has 0 radical (unpaired) electrons. The van der Waals surface area contributed by atoms with Crippen molar-refractivity contribution < 1.29 is 29.0 Å². The lowest BCUT2D eigenvalue weighted by Crippen LogP contribution is -2.59. The molecule has 1 unspecified atom stereocenters. The van der Waals surface area contributed by atoms with Crippen LogP contribution in [0.25, 0.3) is 0 Å². The maximum atomic E-state index is 14.4. The van der Waals surface area contributed by atoms with E-state index in [4.69, 9.17) is 21.1 Å². The van der Waals surface area contributed by atoms with Crippen LogP contribution in [0.3, 0.4) is 0 Å². The number of aliphatic hydroxyl groups excluding tert-OH is 1. The average Bonchev–Trinajstić information content (AvgIpc) is 3.15. The summed E-state index contributed by atoms with van der Waals surface area (Å²) in [6, 6.07) is 3.70. The van der Waals surface area contributed by atoms with Gasteiger partial charge < -0.3 is 24.4 Å². The molecule has 1 spiro atoms. The molecular weight excluding hydrogens is 484 g/mol. The highest BCUT2D eigenvalue weighted by Crippen LogP contribution is 2.58. The maximum Gasteiger partial charge on any atom is 0.313 e. The first-order valence-corrected chi connectivity index (χ1v) is 12.8. The zero-order valence-corrected chi connectivity index (χ0v) is 21.4. The molecule has 6 atom stereocenters. The number of nitrogens with zero attached hydrogens (tertiary/aromatic N) is 2. The van der Waals surface area contributed by atoms with Gasteiger partial charge in [-0.15, -0.1) is 0 Å². The van der Waals surface area contributed by atoms with Crippen molar-refractivity contribution in [3.05, 3.63) is 53.1 Å². The van der Waals surface area contributed by atoms with Gasteiger partial charge in [0.1, 0.15) is 17.6 Å². The Balaban J connectivity index is 1.71. The third-order valence-corrected chi connectivity index (χ3v) is 8.30. The summed E-state index contributed by atoms with van der Waals surface area (Å²) < 4.78 is 12.2. The van der Waals surface area contributed by atoms with Crippen molar-refractivity contribution in [3.8, 4) is 0 Å². The van der Waals surface area contributed by atoms with E-state index < -0.39 is 47.0 Å². The van der Waals surface area contributed by atoms with Crippen LogP contribution < -0.4 is 4.90 Å². The Morgan fingerprint density at radius 2 is 1.94 bits per heavy atom. The van der Waals surface area contributed by atoms with Crippen molar-refractivity contribution in [3.63, 3.8) is 0 Å². The van der Waals surface area contributed by atoms with Gasteiger partial charge in [0.15, 0.2) is 0 Å². The van der Waals surface area contributed by atoms with Crippen molar-refractivity contribution in [2.75, 3.05) is 24.7 Å². The number of para-hydroxylation sites is 1. The van der Waals surface area contributed by atoms with Crippen LogP contribution in [-0.4, -0.2) is 70.8 Å². The van der Waals surface area contributed by atoms with E-state index >= 15 is 0 Å². The highest BCUT2D eigenvalue weighted by atomic mass is 35.5. The molecule has 0 aromatic heterocycles. The van der Waals surface area contributed by atoms with Gasteiger partial charge in [-0.05, 0) is 38.3 Å². The fourth-order valence-corrected chi connectivity index (χ4v) is 6.72. The predicted octanol–water partition coefficient (Wildman–Crippen LogP) is 2.80. The SMILES string of the molecule is CC[C@@H](CO)N1C(=O)[C@@H]2[C@H]3C(=O)OCCC=C[C@@]3(C)O[C@@]23C=CCN(c2c(C)cccc2Cl)C(=O)C13. The lowest BCUT2D eigenvalue weighted by Gasteiger charge is -2.40. The molecule has 2 fully saturated rings. The van der Waals surface area contributed by atoms with E-state index in [-0.39, 0.29) is 25.7 Å². The molecule has 0 aliphatic carbocycles. The van der Waals surface area contributed by atoms with Crippen LogP contribution in [0.5, 0.6) is 0 Å². The highest BCUT2D eigenvalue weighted by Gasteiger charge is 2.75. The quantitative estimate of drug-likeness (QED) is 0.490. The van der Waals surface area contributed by atoms with Gasteiger partial charge in [0.05, 0.1) is 41.5 Å². The number of amides is 2. The van der Waals surface area contributed by atoms with Crippen LogP contribution in [0.4, 0.5) is 5.69 Å². The van der Waals surface area contributed by atoms with E-state index in [1.165, 1.54) is 4.90 Å². The Morgan fingerprint density at radius 3 is 2.64 bits per heavy atom. The summed E-state index contributed by atoms with van der Waals surface area (Å²) in [6.07, 6.45) is 8.25. The number of aliphatic hydroxyl groups is 1. The lowest BCUT2D eigenvalue weighted by molar-refractivity contribution is -0.160. The smallest absolute Gasteiger partial charge is 0.313 e. The summed E-state index contributed by atoms with van der Waals surface area (Å²) in [7, 11) is 0. The third kappa shape index (κ3) is 3.45. The van der Waals surface area contributed by atoms with Gasteiger partial charge in [0, 0.05) is 6.54 Å². The van der Waals surface area contributed by atoms with E-state index in [1.54, 1.807) is 24.0 Å². The minimum absolute atomic E-state index is 0.214. The second-order valence-corrected chi connectivity index (χ2v) is 10.5. The van der Waals surface area contributed by atoms with Gasteiger partial charge in [-0.25, -0.2) is 0 Å². The van der Waals surface area contributed by atoms with Crippen molar-refractivity contribution in [1.29, 1.82) is 0 Å². The third-order valence-electron chi connectivity index (χ3n) is 7.99. The summed E-state index contributed by atoms with van der Waals surface area (Å²) >= 11 is 6.55. The van der Waals surface area contributed by atoms with Crippen molar-refractivity contribution >= 4 is 35.1 Å². The number of hydrogen-bond donors (Lipinski definition) is 1. The van der Waals surface area contributed by atoms with E-state index in [2.05, 4.69) is 0 Å². The average molecular weight is 515 g/mol. The molecule has 0 bridgehead atoms. The summed E-state index contributed by atoms with van der Waals surface area (Å²) in [5, 5.41) is 10.6. The number of cyclic esters (lactones) is 1. The van der Waals surface area contributed by atoms with Crippen LogP contribution in [0.1, 0.15) is 32.3 Å². The largest absolute Gasteiger partial charge is 0.465 e. The molecule has 5 rings (SSSR count). The molecular formula is C27H31ClN2O6. The van der Waals surface area contributed by atoms with Gasteiger partial charge in [-0.2, -0.15) is 0 Å². The van der Waals surface area contributed by atoms with E-state index in [1.807, 2.05) is 44.2 Å². The number of carbonyl (C=O) groups excluding carboxylic acids is 3. The number of rotatable bonds is 4. The molecule has 4 aliphatic heterocycles. The minimum Gasteiger partial charge on any atom is -0.465 e. The zero-order valence-electron chi connectivity index (χ0n) is 20.6. The highest BCUT2D eigenvalue weighted by molar-refractivity contribution is 6.34. The van der Waals surface area contributed by atoms with E-state index in [0.29, 0.717) is 23.6 Å². The summed E-state index contributed by atoms with van der Waals surface area (Å²) in [6.45, 7) is 5.60. The number of carbonyl (C=O) groups is 3. The van der Waals surface area contributed by atoms with Gasteiger partial charge in [-0.3, -0.25) is 14.4 Å². The topological polar surface area (TPSA) is 96.4 Å². The number of likely N-dealkylation sites (tertiary alicyclic amines) is 1. The van der Waals surface area contributed by atoms with Crippen molar-refractivity contribution in [2.24, 2.45) is 11.8 Å². The molecule has 8 nitrogen and oxygen atoms in total. The Morgan fingerprint density at radius 1 is 1.17 bits per heavy atom. The fourth-order valence-electron chi connectivity index (χ4n) is 6.40. The fraction of sp³-hybridized carbons (Fsp3) is 0.519. The van der Waals surface area contributed by atoms with Crippen LogP contribution in [0.2, 0.25) is 5.02 Å². The van der Waals surface area contributed by atoms with Crippen LogP contribution in [-0.2, 0) is 23.9 Å². The van der Waals surface area contributed by atoms with Crippen LogP contribution in [0, 0.1) is 18.8 Å². The summed E-state index contributed by atoms with van der Waals surface area (Å²) in [5.41, 5.74) is -1.17. The van der Waals surface area contributed by atoms with Gasteiger partial charge >= 0.3 is 5.97 Å². The number of anilines is 1. The Labute approximate surface area is 215 Å². The number of hydrogen-bond acceptors (Lipinski definition) is 6. The molecule has 2 saturated heterocycles. The molecule has 2 amide bonds. The van der Waals surface area contributed by atoms with E-state index in [9.17, 15) is 19.5 Å².